The summed E-state index contributed by atoms with van der Waals surface area (Å²) in [5, 5.41) is 3.36. The second-order valence-corrected chi connectivity index (χ2v) is 4.99. The number of benzene rings is 1. The highest BCUT2D eigenvalue weighted by atomic mass is 79.9. The maximum Gasteiger partial charge on any atom is 0.181 e. The minimum atomic E-state index is 0.398. The number of fused-ring (bicyclic) bond motifs is 1. The Morgan fingerprint density at radius 3 is 3.22 bits per heavy atom. The zero-order chi connectivity index (χ0) is 12.4. The van der Waals surface area contributed by atoms with Crippen molar-refractivity contribution >= 4 is 15.9 Å². The second-order valence-electron chi connectivity index (χ2n) is 4.20. The maximum atomic E-state index is 5.75. The summed E-state index contributed by atoms with van der Waals surface area (Å²) in [6, 6.07) is 4.11. The molecule has 2 heterocycles. The third-order valence-electron chi connectivity index (χ3n) is 3.03. The molecule has 0 spiro atoms. The third kappa shape index (κ3) is 2.28. The lowest BCUT2D eigenvalue weighted by Gasteiger charge is -2.20. The van der Waals surface area contributed by atoms with Crippen molar-refractivity contribution in [2.45, 2.75) is 19.6 Å². The lowest BCUT2D eigenvalue weighted by Crippen LogP contribution is -2.23. The van der Waals surface area contributed by atoms with E-state index in [0.29, 0.717) is 6.61 Å². The molecular formula is C13H13BrN2O2. The van der Waals surface area contributed by atoms with Gasteiger partial charge < -0.3 is 14.5 Å². The van der Waals surface area contributed by atoms with Crippen LogP contribution in [0.25, 0.3) is 0 Å². The first-order valence-corrected chi connectivity index (χ1v) is 6.65. The molecule has 0 bridgehead atoms. The van der Waals surface area contributed by atoms with E-state index in [-0.39, 0.29) is 0 Å². The van der Waals surface area contributed by atoms with E-state index < -0.39 is 0 Å². The minimum Gasteiger partial charge on any atom is -0.484 e. The number of rotatable bonds is 3. The van der Waals surface area contributed by atoms with Crippen molar-refractivity contribution in [3.05, 3.63) is 46.1 Å². The van der Waals surface area contributed by atoms with Crippen LogP contribution in [-0.4, -0.2) is 11.5 Å². The summed E-state index contributed by atoms with van der Waals surface area (Å²) in [5.41, 5.74) is 2.67. The number of nitrogens with one attached hydrogen (secondary N) is 1. The van der Waals surface area contributed by atoms with E-state index in [9.17, 15) is 0 Å². The monoisotopic (exact) mass is 308 g/mol. The van der Waals surface area contributed by atoms with E-state index >= 15 is 0 Å². The molecule has 0 saturated heterocycles. The molecule has 18 heavy (non-hydrogen) atoms. The lowest BCUT2D eigenvalue weighted by molar-refractivity contribution is 0.268. The predicted octanol–water partition coefficient (Wildman–Crippen LogP) is 2.66. The summed E-state index contributed by atoms with van der Waals surface area (Å²) in [6.45, 7) is 2.34. The van der Waals surface area contributed by atoms with E-state index in [1.54, 1.807) is 6.20 Å². The van der Waals surface area contributed by atoms with E-state index in [4.69, 9.17) is 9.15 Å². The fourth-order valence-electron chi connectivity index (χ4n) is 2.09. The average Bonchev–Trinajstić information content (AvgIpc) is 2.91. The van der Waals surface area contributed by atoms with E-state index in [0.717, 1.165) is 35.5 Å². The standard InChI is InChI=1S/C13H13BrN2O2/c14-13-11-3-4-15-5-9(11)1-2-12(13)17-7-10-6-16-8-18-10/h1-2,6,8,15H,3-5,7H2. The molecule has 0 aliphatic carbocycles. The normalized spacial score (nSPS) is 14.3. The van der Waals surface area contributed by atoms with Crippen LogP contribution in [0.5, 0.6) is 5.75 Å². The first-order valence-electron chi connectivity index (χ1n) is 5.86. The molecule has 2 aromatic rings. The molecule has 0 unspecified atom stereocenters. The molecule has 1 aromatic carbocycles. The van der Waals surface area contributed by atoms with Gasteiger partial charge in [0.25, 0.3) is 0 Å². The lowest BCUT2D eigenvalue weighted by atomic mass is 10.0. The van der Waals surface area contributed by atoms with E-state index in [1.807, 2.05) is 6.07 Å². The van der Waals surface area contributed by atoms with Crippen LogP contribution < -0.4 is 10.1 Å². The van der Waals surface area contributed by atoms with Crippen molar-refractivity contribution in [1.82, 2.24) is 10.3 Å². The third-order valence-corrected chi connectivity index (χ3v) is 3.89. The van der Waals surface area contributed by atoms with Gasteiger partial charge in [0.1, 0.15) is 12.4 Å². The van der Waals surface area contributed by atoms with Gasteiger partial charge in [0.15, 0.2) is 12.2 Å². The molecule has 1 aliphatic rings. The number of oxazole rings is 1. The molecule has 0 amide bonds. The van der Waals surface area contributed by atoms with Crippen LogP contribution in [0, 0.1) is 0 Å². The van der Waals surface area contributed by atoms with Crippen LogP contribution in [-0.2, 0) is 19.6 Å². The Morgan fingerprint density at radius 1 is 1.44 bits per heavy atom. The van der Waals surface area contributed by atoms with Gasteiger partial charge in [0, 0.05) is 6.54 Å². The van der Waals surface area contributed by atoms with E-state index in [1.165, 1.54) is 17.5 Å². The molecule has 0 radical (unpaired) electrons. The van der Waals surface area contributed by atoms with Gasteiger partial charge in [-0.25, -0.2) is 4.98 Å². The van der Waals surface area contributed by atoms with Crippen molar-refractivity contribution in [2.24, 2.45) is 0 Å². The number of hydrogen-bond donors (Lipinski definition) is 1. The van der Waals surface area contributed by atoms with Crippen LogP contribution in [0.1, 0.15) is 16.9 Å². The summed E-state index contributed by atoms with van der Waals surface area (Å²) < 4.78 is 11.9. The quantitative estimate of drug-likeness (QED) is 0.947. The van der Waals surface area contributed by atoms with Crippen LogP contribution in [0.15, 0.2) is 33.6 Å². The summed E-state index contributed by atoms with van der Waals surface area (Å²) in [6.07, 6.45) is 4.10. The van der Waals surface area contributed by atoms with Gasteiger partial charge in [0.05, 0.1) is 10.7 Å². The van der Waals surface area contributed by atoms with Gasteiger partial charge >= 0.3 is 0 Å². The number of hydrogen-bond acceptors (Lipinski definition) is 4. The van der Waals surface area contributed by atoms with Crippen LogP contribution in [0.4, 0.5) is 0 Å². The van der Waals surface area contributed by atoms with Gasteiger partial charge in [-0.1, -0.05) is 6.07 Å². The zero-order valence-electron chi connectivity index (χ0n) is 9.78. The molecule has 0 saturated carbocycles. The first-order chi connectivity index (χ1) is 8.84. The summed E-state index contributed by atoms with van der Waals surface area (Å²) >= 11 is 3.63. The zero-order valence-corrected chi connectivity index (χ0v) is 11.4. The van der Waals surface area contributed by atoms with Crippen molar-refractivity contribution in [2.75, 3.05) is 6.54 Å². The minimum absolute atomic E-state index is 0.398. The maximum absolute atomic E-state index is 5.75. The van der Waals surface area contributed by atoms with E-state index in [2.05, 4.69) is 32.3 Å². The Labute approximate surface area is 113 Å². The molecular weight excluding hydrogens is 296 g/mol. The van der Waals surface area contributed by atoms with Gasteiger partial charge in [-0.3, -0.25) is 0 Å². The van der Waals surface area contributed by atoms with Gasteiger partial charge in [-0.15, -0.1) is 0 Å². The molecule has 3 rings (SSSR count). The van der Waals surface area contributed by atoms with Crippen LogP contribution >= 0.6 is 15.9 Å². The highest BCUT2D eigenvalue weighted by molar-refractivity contribution is 9.10. The van der Waals surface area contributed by atoms with Gasteiger partial charge in [0.2, 0.25) is 0 Å². The van der Waals surface area contributed by atoms with Crippen molar-refractivity contribution in [3.8, 4) is 5.75 Å². The Bertz CT molecular complexity index is 540. The molecule has 5 heteroatoms. The Kier molecular flexibility index (Phi) is 3.34. The van der Waals surface area contributed by atoms with Crippen LogP contribution in [0.3, 0.4) is 0 Å². The van der Waals surface area contributed by atoms with Gasteiger partial charge in [-0.2, -0.15) is 0 Å². The summed E-state index contributed by atoms with van der Waals surface area (Å²) in [7, 11) is 0. The summed E-state index contributed by atoms with van der Waals surface area (Å²) in [4.78, 5) is 3.86. The summed E-state index contributed by atoms with van der Waals surface area (Å²) in [5.74, 6) is 1.58. The highest BCUT2D eigenvalue weighted by Crippen LogP contribution is 2.33. The van der Waals surface area contributed by atoms with Crippen LogP contribution in [0.2, 0.25) is 0 Å². The first kappa shape index (κ1) is 11.7. The molecule has 0 atom stereocenters. The number of nitrogens with zero attached hydrogens (tertiary/aromatic N) is 1. The van der Waals surface area contributed by atoms with Crippen molar-refractivity contribution in [3.63, 3.8) is 0 Å². The fourth-order valence-corrected chi connectivity index (χ4v) is 2.79. The van der Waals surface area contributed by atoms with Crippen molar-refractivity contribution in [1.29, 1.82) is 0 Å². The fraction of sp³-hybridized carbons (Fsp3) is 0.308. The van der Waals surface area contributed by atoms with Crippen molar-refractivity contribution < 1.29 is 9.15 Å². The molecule has 1 aliphatic heterocycles. The molecule has 1 aromatic heterocycles. The predicted molar refractivity (Wildman–Crippen MR) is 70.4 cm³/mol. The molecule has 94 valence electrons. The largest absolute Gasteiger partial charge is 0.484 e. The molecule has 0 fully saturated rings. The Morgan fingerprint density at radius 2 is 2.39 bits per heavy atom. The molecule has 1 N–H and O–H groups in total. The molecule has 4 nitrogen and oxygen atoms in total. The van der Waals surface area contributed by atoms with Gasteiger partial charge in [-0.05, 0) is 46.1 Å². The second kappa shape index (κ2) is 5.12. The number of halogens is 1. The topological polar surface area (TPSA) is 47.3 Å². The highest BCUT2D eigenvalue weighted by Gasteiger charge is 2.15. The average molecular weight is 309 g/mol. The number of aromatic nitrogens is 1. The smallest absolute Gasteiger partial charge is 0.181 e. The number of ether oxygens (including phenoxy) is 1. The Hall–Kier alpha value is -1.33. The Balaban J connectivity index is 1.80. The SMILES string of the molecule is Brc1c(OCc2cnco2)ccc2c1CCNC2.